The average Bonchev–Trinajstić information content (AvgIpc) is 3.32. The number of amidine groups is 1. The molecule has 7 nitrogen and oxygen atoms in total. The number of benzene rings is 2. The number of carbonyl (C=O) groups is 2. The van der Waals surface area contributed by atoms with Crippen LogP contribution in [-0.2, 0) is 20.9 Å². The SMILES string of the molecule is COC(=O)/C=C1/S/C(=N\N=Cc2ccc3c(ccn3Cc3ccc(F)cc3)c2)NC1=O. The van der Waals surface area contributed by atoms with Crippen molar-refractivity contribution in [3.63, 3.8) is 0 Å². The van der Waals surface area contributed by atoms with Crippen molar-refractivity contribution in [2.24, 2.45) is 10.2 Å². The van der Waals surface area contributed by atoms with Crippen LogP contribution in [0.3, 0.4) is 0 Å². The number of aromatic nitrogens is 1. The Kier molecular flexibility index (Phi) is 5.94. The van der Waals surface area contributed by atoms with Gasteiger partial charge in [-0.1, -0.05) is 18.2 Å². The normalized spacial score (nSPS) is 16.5. The number of thioether (sulfide) groups is 1. The molecular formula is C22H17FN4O3S. The van der Waals surface area contributed by atoms with Crippen molar-refractivity contribution in [1.29, 1.82) is 0 Å². The standard InChI is InChI=1S/C22H17FN4O3S/c1-30-20(28)11-19-21(29)25-22(31-19)26-24-12-15-4-7-18-16(10-15)8-9-27(18)13-14-2-5-17(23)6-3-14/h2-12H,13H2,1H3,(H,25,26,29)/b19-11+,24-12?. The summed E-state index contributed by atoms with van der Waals surface area (Å²) in [6, 6.07) is 14.3. The van der Waals surface area contributed by atoms with Crippen molar-refractivity contribution in [3.8, 4) is 0 Å². The van der Waals surface area contributed by atoms with E-state index in [0.29, 0.717) is 6.54 Å². The van der Waals surface area contributed by atoms with Crippen LogP contribution in [0.25, 0.3) is 10.9 Å². The Morgan fingerprint density at radius 2 is 2.03 bits per heavy atom. The lowest BCUT2D eigenvalue weighted by molar-refractivity contribution is -0.135. The molecule has 156 valence electrons. The van der Waals surface area contributed by atoms with Crippen LogP contribution < -0.4 is 5.32 Å². The Labute approximate surface area is 181 Å². The maximum absolute atomic E-state index is 13.1. The van der Waals surface area contributed by atoms with Gasteiger partial charge >= 0.3 is 5.97 Å². The third-order valence-electron chi connectivity index (χ3n) is 4.52. The molecule has 2 heterocycles. The zero-order valence-electron chi connectivity index (χ0n) is 16.4. The van der Waals surface area contributed by atoms with Crippen molar-refractivity contribution in [2.45, 2.75) is 6.54 Å². The van der Waals surface area contributed by atoms with E-state index in [2.05, 4.69) is 24.8 Å². The van der Waals surface area contributed by atoms with E-state index in [-0.39, 0.29) is 15.9 Å². The molecular weight excluding hydrogens is 419 g/mol. The number of methoxy groups -OCH3 is 1. The molecule has 1 aliphatic heterocycles. The summed E-state index contributed by atoms with van der Waals surface area (Å²) in [5.74, 6) is -1.28. The second kappa shape index (κ2) is 8.97. The Hall–Kier alpha value is -3.72. The summed E-state index contributed by atoms with van der Waals surface area (Å²) in [6.07, 6.45) is 4.67. The summed E-state index contributed by atoms with van der Waals surface area (Å²) >= 11 is 1.01. The molecule has 31 heavy (non-hydrogen) atoms. The number of esters is 1. The first-order valence-corrected chi connectivity index (χ1v) is 10.1. The van der Waals surface area contributed by atoms with Gasteiger partial charge in [0, 0.05) is 29.7 Å². The van der Waals surface area contributed by atoms with Gasteiger partial charge in [0.1, 0.15) is 5.82 Å². The van der Waals surface area contributed by atoms with Crippen molar-refractivity contribution in [2.75, 3.05) is 7.11 Å². The van der Waals surface area contributed by atoms with Crippen LogP contribution >= 0.6 is 11.8 Å². The van der Waals surface area contributed by atoms with Gasteiger partial charge in [0.2, 0.25) is 0 Å². The lowest BCUT2D eigenvalue weighted by Gasteiger charge is -2.06. The van der Waals surface area contributed by atoms with Crippen LogP contribution in [0, 0.1) is 5.82 Å². The summed E-state index contributed by atoms with van der Waals surface area (Å²) in [6.45, 7) is 0.642. The molecule has 1 N–H and O–H groups in total. The predicted molar refractivity (Wildman–Crippen MR) is 118 cm³/mol. The van der Waals surface area contributed by atoms with Gasteiger partial charge in [-0.15, -0.1) is 5.10 Å². The number of nitrogens with one attached hydrogen (secondary N) is 1. The molecule has 1 saturated heterocycles. The second-order valence-corrected chi connectivity index (χ2v) is 7.66. The molecule has 0 unspecified atom stereocenters. The lowest BCUT2D eigenvalue weighted by atomic mass is 10.1. The minimum atomic E-state index is -0.609. The monoisotopic (exact) mass is 436 g/mol. The number of carbonyl (C=O) groups excluding carboxylic acids is 2. The highest BCUT2D eigenvalue weighted by molar-refractivity contribution is 8.18. The van der Waals surface area contributed by atoms with Crippen LogP contribution in [0.2, 0.25) is 0 Å². The minimum absolute atomic E-state index is 0.199. The molecule has 0 radical (unpaired) electrons. The minimum Gasteiger partial charge on any atom is -0.466 e. The van der Waals surface area contributed by atoms with Crippen LogP contribution in [-0.4, -0.2) is 34.9 Å². The van der Waals surface area contributed by atoms with E-state index in [0.717, 1.165) is 39.9 Å². The molecule has 4 rings (SSSR count). The molecule has 0 spiro atoms. The molecule has 0 saturated carbocycles. The van der Waals surface area contributed by atoms with E-state index in [9.17, 15) is 14.0 Å². The number of rotatable bonds is 5. The number of ether oxygens (including phenoxy) is 1. The zero-order valence-corrected chi connectivity index (χ0v) is 17.2. The van der Waals surface area contributed by atoms with E-state index in [1.807, 2.05) is 30.5 Å². The highest BCUT2D eigenvalue weighted by Crippen LogP contribution is 2.23. The molecule has 1 aromatic heterocycles. The highest BCUT2D eigenvalue weighted by atomic mass is 32.2. The van der Waals surface area contributed by atoms with Gasteiger partial charge in [0.15, 0.2) is 5.17 Å². The Morgan fingerprint density at radius 3 is 2.81 bits per heavy atom. The van der Waals surface area contributed by atoms with E-state index < -0.39 is 11.9 Å². The van der Waals surface area contributed by atoms with E-state index >= 15 is 0 Å². The molecule has 1 aliphatic rings. The quantitative estimate of drug-likeness (QED) is 0.287. The van der Waals surface area contributed by atoms with Crippen LogP contribution in [0.15, 0.2) is 75.9 Å². The molecule has 0 bridgehead atoms. The van der Waals surface area contributed by atoms with Crippen molar-refractivity contribution in [3.05, 3.63) is 82.7 Å². The third kappa shape index (κ3) is 4.89. The van der Waals surface area contributed by atoms with E-state index in [1.165, 1.54) is 19.2 Å². The maximum Gasteiger partial charge on any atom is 0.331 e. The Bertz CT molecular complexity index is 1250. The molecule has 0 atom stereocenters. The van der Waals surface area contributed by atoms with E-state index in [1.54, 1.807) is 18.3 Å². The first-order valence-electron chi connectivity index (χ1n) is 9.25. The van der Waals surface area contributed by atoms with Gasteiger partial charge in [0.25, 0.3) is 5.91 Å². The predicted octanol–water partition coefficient (Wildman–Crippen LogP) is 3.44. The van der Waals surface area contributed by atoms with Crippen LogP contribution in [0.4, 0.5) is 4.39 Å². The second-order valence-electron chi connectivity index (χ2n) is 6.63. The van der Waals surface area contributed by atoms with Gasteiger partial charge in [-0.05, 0) is 53.2 Å². The number of hydrogen-bond acceptors (Lipinski definition) is 6. The van der Waals surface area contributed by atoms with Gasteiger partial charge < -0.3 is 9.30 Å². The number of halogens is 1. The van der Waals surface area contributed by atoms with E-state index in [4.69, 9.17) is 0 Å². The highest BCUT2D eigenvalue weighted by Gasteiger charge is 2.24. The largest absolute Gasteiger partial charge is 0.466 e. The van der Waals surface area contributed by atoms with Gasteiger partial charge in [0.05, 0.1) is 18.2 Å². The maximum atomic E-state index is 13.1. The molecule has 9 heteroatoms. The molecule has 3 aromatic rings. The number of fused-ring (bicyclic) bond motifs is 1. The first-order chi connectivity index (χ1) is 15.0. The summed E-state index contributed by atoms with van der Waals surface area (Å²) in [7, 11) is 1.24. The smallest absolute Gasteiger partial charge is 0.331 e. The van der Waals surface area contributed by atoms with Gasteiger partial charge in [-0.25, -0.2) is 9.18 Å². The zero-order chi connectivity index (χ0) is 21.8. The fourth-order valence-corrected chi connectivity index (χ4v) is 3.75. The molecule has 1 amide bonds. The number of hydrogen-bond donors (Lipinski definition) is 1. The topological polar surface area (TPSA) is 85.0 Å². The van der Waals surface area contributed by atoms with Gasteiger partial charge in [-0.3, -0.25) is 10.1 Å². The summed E-state index contributed by atoms with van der Waals surface area (Å²) < 4.78 is 19.7. The summed E-state index contributed by atoms with van der Waals surface area (Å²) in [4.78, 5) is 23.3. The fourth-order valence-electron chi connectivity index (χ4n) is 3.01. The van der Waals surface area contributed by atoms with Crippen molar-refractivity contribution >= 4 is 45.9 Å². The summed E-state index contributed by atoms with van der Waals surface area (Å²) in [5.41, 5.74) is 2.90. The summed E-state index contributed by atoms with van der Waals surface area (Å²) in [5, 5.41) is 11.9. The van der Waals surface area contributed by atoms with Crippen LogP contribution in [0.5, 0.6) is 0 Å². The fraction of sp³-hybridized carbons (Fsp3) is 0.0909. The van der Waals surface area contributed by atoms with Crippen LogP contribution in [0.1, 0.15) is 11.1 Å². The molecule has 0 aliphatic carbocycles. The number of amides is 1. The van der Waals surface area contributed by atoms with Gasteiger partial charge in [-0.2, -0.15) is 5.10 Å². The average molecular weight is 436 g/mol. The Balaban J connectivity index is 1.46. The first kappa shape index (κ1) is 20.5. The molecule has 2 aromatic carbocycles. The van der Waals surface area contributed by atoms with Crippen molar-refractivity contribution in [1.82, 2.24) is 9.88 Å². The van der Waals surface area contributed by atoms with Crippen molar-refractivity contribution < 1.29 is 18.7 Å². The number of nitrogens with zero attached hydrogens (tertiary/aromatic N) is 3. The molecule has 1 fully saturated rings. The third-order valence-corrected chi connectivity index (χ3v) is 5.42. The lowest BCUT2D eigenvalue weighted by Crippen LogP contribution is -2.19. The Morgan fingerprint density at radius 1 is 1.23 bits per heavy atom.